The van der Waals surface area contributed by atoms with Crippen LogP contribution in [0.4, 0.5) is 0 Å². The smallest absolute Gasteiger partial charge is 0.320 e. The van der Waals surface area contributed by atoms with Gasteiger partial charge >= 0.3 is 5.97 Å². The Kier molecular flexibility index (Phi) is 2.96. The molecule has 2 heterocycles. The first-order chi connectivity index (χ1) is 7.37. The summed E-state index contributed by atoms with van der Waals surface area (Å²) in [6, 6.07) is 0. The Hall–Kier alpha value is -0.270. The van der Waals surface area contributed by atoms with E-state index in [9.17, 15) is 23.4 Å². The lowest BCUT2D eigenvalue weighted by molar-refractivity contribution is -0.142. The zero-order chi connectivity index (χ0) is 12.0. The highest BCUT2D eigenvalue weighted by molar-refractivity contribution is 8.01. The summed E-state index contributed by atoms with van der Waals surface area (Å²) >= 11 is 1.28. The van der Waals surface area contributed by atoms with Gasteiger partial charge in [-0.3, -0.25) is 4.79 Å². The van der Waals surface area contributed by atoms with Gasteiger partial charge in [0.1, 0.15) is 4.75 Å². The van der Waals surface area contributed by atoms with E-state index < -0.39 is 32.6 Å². The Morgan fingerprint density at radius 2 is 2.06 bits per heavy atom. The number of hydrogen-bond donors (Lipinski definition) is 2. The first-order valence-electron chi connectivity index (χ1n) is 5.13. The fourth-order valence-electron chi connectivity index (χ4n) is 2.56. The summed E-state index contributed by atoms with van der Waals surface area (Å²) in [5.74, 6) is -1.44. The van der Waals surface area contributed by atoms with Crippen LogP contribution >= 0.6 is 11.8 Å². The number of hydrogen-bond acceptors (Lipinski definition) is 5. The van der Waals surface area contributed by atoms with Crippen molar-refractivity contribution in [3.8, 4) is 0 Å². The van der Waals surface area contributed by atoms with E-state index in [1.165, 1.54) is 11.8 Å². The first-order valence-corrected chi connectivity index (χ1v) is 7.94. The van der Waals surface area contributed by atoms with Crippen LogP contribution in [-0.2, 0) is 14.6 Å². The van der Waals surface area contributed by atoms with Gasteiger partial charge in [-0.15, -0.1) is 11.8 Å². The molecule has 16 heavy (non-hydrogen) atoms. The van der Waals surface area contributed by atoms with Gasteiger partial charge in [-0.05, 0) is 18.6 Å². The predicted molar refractivity (Wildman–Crippen MR) is 60.2 cm³/mol. The second kappa shape index (κ2) is 3.89. The second-order valence-electron chi connectivity index (χ2n) is 4.40. The number of carboxylic acids is 1. The molecule has 0 saturated carbocycles. The number of rotatable bonds is 2. The molecule has 0 aromatic rings. The Balaban J connectivity index is 2.32. The first kappa shape index (κ1) is 12.2. The second-order valence-corrected chi connectivity index (χ2v) is 7.98. The van der Waals surface area contributed by atoms with Crippen LogP contribution in [0.15, 0.2) is 0 Å². The topological polar surface area (TPSA) is 91.7 Å². The molecule has 2 saturated heterocycles. The maximum absolute atomic E-state index is 11.4. The molecule has 0 radical (unpaired) electrons. The molecule has 0 bridgehead atoms. The van der Waals surface area contributed by atoms with Crippen molar-refractivity contribution in [1.82, 2.24) is 0 Å². The predicted octanol–water partition coefficient (Wildman–Crippen LogP) is -0.258. The summed E-state index contributed by atoms with van der Waals surface area (Å²) in [4.78, 5) is 11.3. The number of sulfone groups is 1. The highest BCUT2D eigenvalue weighted by Gasteiger charge is 2.56. The monoisotopic (exact) mass is 266 g/mol. The molecule has 0 aromatic heterocycles. The van der Waals surface area contributed by atoms with Gasteiger partial charge in [-0.25, -0.2) is 8.42 Å². The van der Waals surface area contributed by atoms with Crippen molar-refractivity contribution in [3.05, 3.63) is 0 Å². The van der Waals surface area contributed by atoms with Crippen LogP contribution in [0.2, 0.25) is 0 Å². The minimum Gasteiger partial charge on any atom is -0.480 e. The Morgan fingerprint density at radius 1 is 1.38 bits per heavy atom. The average Bonchev–Trinajstić information content (AvgIpc) is 2.70. The summed E-state index contributed by atoms with van der Waals surface area (Å²) < 4.78 is 21.7. The molecule has 92 valence electrons. The third-order valence-corrected chi connectivity index (χ3v) is 6.74. The van der Waals surface area contributed by atoms with Crippen molar-refractivity contribution in [1.29, 1.82) is 0 Å². The Morgan fingerprint density at radius 3 is 2.44 bits per heavy atom. The molecule has 3 atom stereocenters. The van der Waals surface area contributed by atoms with Crippen LogP contribution < -0.4 is 0 Å². The van der Waals surface area contributed by atoms with E-state index in [2.05, 4.69) is 0 Å². The van der Waals surface area contributed by atoms with Crippen molar-refractivity contribution in [2.75, 3.05) is 17.3 Å². The van der Waals surface area contributed by atoms with E-state index in [1.54, 1.807) is 0 Å². The summed E-state index contributed by atoms with van der Waals surface area (Å²) in [6.07, 6.45) is 0.177. The van der Waals surface area contributed by atoms with E-state index in [1.807, 2.05) is 0 Å². The molecule has 7 heteroatoms. The lowest BCUT2D eigenvalue weighted by Crippen LogP contribution is -2.46. The Labute approximate surface area is 98.1 Å². The number of thioether (sulfide) groups is 1. The fraction of sp³-hybridized carbons (Fsp3) is 0.889. The SMILES string of the molecule is O=C(O)C1(C2CS(=O)(=O)CC2O)CCCS1. The molecule has 2 N–H and O–H groups in total. The zero-order valence-corrected chi connectivity index (χ0v) is 10.3. The standard InChI is InChI=1S/C9H14O5S2/c10-7-5-16(13,14)4-6(7)9(8(11)12)2-1-3-15-9/h6-7,10H,1-5H2,(H,11,12). The highest BCUT2D eigenvalue weighted by Crippen LogP contribution is 2.47. The molecule has 2 aliphatic heterocycles. The van der Waals surface area contributed by atoms with Crippen molar-refractivity contribution < 1.29 is 23.4 Å². The lowest BCUT2D eigenvalue weighted by Gasteiger charge is -2.30. The molecular formula is C9H14O5S2. The number of aliphatic carboxylic acids is 1. The number of carbonyl (C=O) groups is 1. The summed E-state index contributed by atoms with van der Waals surface area (Å²) in [5, 5.41) is 19.0. The van der Waals surface area contributed by atoms with Gasteiger partial charge < -0.3 is 10.2 Å². The van der Waals surface area contributed by atoms with Crippen LogP contribution in [0.1, 0.15) is 12.8 Å². The molecule has 2 aliphatic rings. The molecule has 3 unspecified atom stereocenters. The molecule has 0 aromatic carbocycles. The van der Waals surface area contributed by atoms with Crippen LogP contribution in [-0.4, -0.2) is 52.7 Å². The molecular weight excluding hydrogens is 252 g/mol. The van der Waals surface area contributed by atoms with Crippen molar-refractivity contribution >= 4 is 27.6 Å². The lowest BCUT2D eigenvalue weighted by atomic mass is 9.86. The minimum absolute atomic E-state index is 0.201. The average molecular weight is 266 g/mol. The van der Waals surface area contributed by atoms with Gasteiger partial charge in [0.05, 0.1) is 17.6 Å². The van der Waals surface area contributed by atoms with E-state index in [0.29, 0.717) is 6.42 Å². The van der Waals surface area contributed by atoms with Gasteiger partial charge in [-0.2, -0.15) is 0 Å². The van der Waals surface area contributed by atoms with Crippen molar-refractivity contribution in [2.45, 2.75) is 23.7 Å². The van der Waals surface area contributed by atoms with Gasteiger partial charge in [-0.1, -0.05) is 0 Å². The summed E-state index contributed by atoms with van der Waals surface area (Å²) in [5.41, 5.74) is 0. The van der Waals surface area contributed by atoms with Crippen molar-refractivity contribution in [2.24, 2.45) is 5.92 Å². The minimum atomic E-state index is -3.28. The molecule has 0 aliphatic carbocycles. The molecule has 5 nitrogen and oxygen atoms in total. The number of aliphatic hydroxyl groups is 1. The van der Waals surface area contributed by atoms with E-state index in [-0.39, 0.29) is 11.5 Å². The van der Waals surface area contributed by atoms with Crippen LogP contribution in [0.3, 0.4) is 0 Å². The third kappa shape index (κ3) is 1.84. The molecule has 2 fully saturated rings. The van der Waals surface area contributed by atoms with Gasteiger partial charge in [0.15, 0.2) is 9.84 Å². The van der Waals surface area contributed by atoms with Crippen LogP contribution in [0.25, 0.3) is 0 Å². The van der Waals surface area contributed by atoms with E-state index >= 15 is 0 Å². The van der Waals surface area contributed by atoms with Crippen LogP contribution in [0.5, 0.6) is 0 Å². The number of aliphatic hydroxyl groups excluding tert-OH is 1. The molecule has 2 rings (SSSR count). The van der Waals surface area contributed by atoms with Gasteiger partial charge in [0.25, 0.3) is 0 Å². The Bertz CT molecular complexity index is 396. The molecule has 0 spiro atoms. The van der Waals surface area contributed by atoms with Crippen LogP contribution in [0, 0.1) is 5.92 Å². The fourth-order valence-corrected chi connectivity index (χ4v) is 6.12. The van der Waals surface area contributed by atoms with Gasteiger partial charge in [0.2, 0.25) is 0 Å². The van der Waals surface area contributed by atoms with Crippen molar-refractivity contribution in [3.63, 3.8) is 0 Å². The zero-order valence-electron chi connectivity index (χ0n) is 8.63. The quantitative estimate of drug-likeness (QED) is 0.715. The van der Waals surface area contributed by atoms with Gasteiger partial charge in [0, 0.05) is 5.92 Å². The normalized spacial score (nSPS) is 42.3. The van der Waals surface area contributed by atoms with E-state index in [4.69, 9.17) is 0 Å². The van der Waals surface area contributed by atoms with E-state index in [0.717, 1.165) is 12.2 Å². The summed E-state index contributed by atoms with van der Waals surface area (Å²) in [7, 11) is -3.28. The molecule has 0 amide bonds. The largest absolute Gasteiger partial charge is 0.480 e. The maximum Gasteiger partial charge on any atom is 0.320 e. The summed E-state index contributed by atoms with van der Waals surface area (Å²) in [6.45, 7) is 0. The third-order valence-electron chi connectivity index (χ3n) is 3.34. The maximum atomic E-state index is 11.4. The number of carboxylic acid groups (broad SMARTS) is 1. The highest BCUT2D eigenvalue weighted by atomic mass is 32.2.